The summed E-state index contributed by atoms with van der Waals surface area (Å²) in [4.78, 5) is 12.1. The van der Waals surface area contributed by atoms with Crippen LogP contribution in [0.5, 0.6) is 0 Å². The first-order chi connectivity index (χ1) is 8.63. The summed E-state index contributed by atoms with van der Waals surface area (Å²) in [6.45, 7) is 10.1. The molecule has 0 saturated heterocycles. The Hall–Kier alpha value is -1.51. The maximum absolute atomic E-state index is 12.1. The van der Waals surface area contributed by atoms with E-state index in [9.17, 15) is 4.79 Å². The van der Waals surface area contributed by atoms with Gasteiger partial charge in [0.05, 0.1) is 12.5 Å². The van der Waals surface area contributed by atoms with Gasteiger partial charge in [-0.15, -0.1) is 0 Å². The molecule has 0 spiro atoms. The second-order valence-electron chi connectivity index (χ2n) is 4.48. The second kappa shape index (κ2) is 6.43. The fraction of sp³-hybridized carbons (Fsp3) is 0.533. The van der Waals surface area contributed by atoms with E-state index in [1.54, 1.807) is 6.20 Å². The van der Waals surface area contributed by atoms with Crippen molar-refractivity contribution in [3.05, 3.63) is 36.7 Å². The third-order valence-electron chi connectivity index (χ3n) is 3.66. The lowest BCUT2D eigenvalue weighted by atomic mass is 9.68. The van der Waals surface area contributed by atoms with Crippen molar-refractivity contribution in [1.82, 2.24) is 5.32 Å². The highest BCUT2D eigenvalue weighted by Gasteiger charge is 2.39. The van der Waals surface area contributed by atoms with Crippen LogP contribution < -0.4 is 5.32 Å². The van der Waals surface area contributed by atoms with Gasteiger partial charge in [-0.1, -0.05) is 32.6 Å². The smallest absolute Gasteiger partial charge is 0.313 e. The minimum absolute atomic E-state index is 0.133. The van der Waals surface area contributed by atoms with E-state index in [0.717, 1.165) is 18.5 Å². The zero-order valence-corrected chi connectivity index (χ0v) is 11.5. The number of ether oxygens (including phenoxy) is 1. The summed E-state index contributed by atoms with van der Waals surface area (Å²) in [6.07, 6.45) is 9.45. The Morgan fingerprint density at radius 3 is 2.67 bits per heavy atom. The van der Waals surface area contributed by atoms with Gasteiger partial charge in [0.1, 0.15) is 0 Å². The van der Waals surface area contributed by atoms with Crippen molar-refractivity contribution in [2.75, 3.05) is 6.61 Å². The van der Waals surface area contributed by atoms with Gasteiger partial charge in [0.2, 0.25) is 0 Å². The Morgan fingerprint density at radius 1 is 1.50 bits per heavy atom. The van der Waals surface area contributed by atoms with Crippen LogP contribution in [0.3, 0.4) is 0 Å². The molecule has 1 atom stereocenters. The van der Waals surface area contributed by atoms with Gasteiger partial charge < -0.3 is 10.1 Å². The molecule has 3 heteroatoms. The van der Waals surface area contributed by atoms with Crippen molar-refractivity contribution < 1.29 is 9.53 Å². The molecule has 0 aromatic carbocycles. The van der Waals surface area contributed by atoms with Crippen LogP contribution >= 0.6 is 0 Å². The third kappa shape index (κ3) is 2.84. The molecule has 0 radical (unpaired) electrons. The zero-order chi connectivity index (χ0) is 13.6. The second-order valence-corrected chi connectivity index (χ2v) is 4.48. The molecule has 100 valence electrons. The summed E-state index contributed by atoms with van der Waals surface area (Å²) in [6, 6.07) is 0. The van der Waals surface area contributed by atoms with Crippen LogP contribution in [0, 0.1) is 11.3 Å². The van der Waals surface area contributed by atoms with Crippen molar-refractivity contribution in [1.29, 1.82) is 0 Å². The average molecular weight is 249 g/mol. The molecule has 1 N–H and O–H groups in total. The lowest BCUT2D eigenvalue weighted by Crippen LogP contribution is -2.36. The molecule has 1 unspecified atom stereocenters. The van der Waals surface area contributed by atoms with E-state index in [4.69, 9.17) is 4.74 Å². The van der Waals surface area contributed by atoms with E-state index in [0.29, 0.717) is 6.61 Å². The molecule has 0 bridgehead atoms. The maximum atomic E-state index is 12.1. The van der Waals surface area contributed by atoms with E-state index in [1.807, 2.05) is 19.1 Å². The van der Waals surface area contributed by atoms with Crippen LogP contribution in [0.4, 0.5) is 0 Å². The lowest BCUT2D eigenvalue weighted by Gasteiger charge is -2.36. The molecule has 0 heterocycles. The molecule has 1 rings (SSSR count). The number of allylic oxidation sites excluding steroid dienone is 2. The Kier molecular flexibility index (Phi) is 5.20. The van der Waals surface area contributed by atoms with E-state index in [-0.39, 0.29) is 17.3 Å². The van der Waals surface area contributed by atoms with Gasteiger partial charge in [-0.3, -0.25) is 4.79 Å². The first-order valence-electron chi connectivity index (χ1n) is 6.58. The van der Waals surface area contributed by atoms with Crippen LogP contribution in [-0.4, -0.2) is 12.6 Å². The van der Waals surface area contributed by atoms with Crippen molar-refractivity contribution in [3.8, 4) is 0 Å². The molecular formula is C15H23NO2. The molecule has 0 amide bonds. The Labute approximate surface area is 110 Å². The first-order valence-corrected chi connectivity index (χ1v) is 6.58. The highest BCUT2D eigenvalue weighted by Crippen LogP contribution is 2.42. The molecule has 1 aliphatic rings. The monoisotopic (exact) mass is 249 g/mol. The van der Waals surface area contributed by atoms with E-state index in [2.05, 4.69) is 31.8 Å². The standard InChI is InChI=1S/C15H23NO2/c1-5-15(6-2)11-12(16-7-3)9-10-13(15)14(17)18-8-4/h7,9-11,13,16H,3,5-6,8H2,1-2,4H3. The Balaban J connectivity index is 3.03. The summed E-state index contributed by atoms with van der Waals surface area (Å²) in [5, 5.41) is 3.09. The minimum atomic E-state index is -0.192. The van der Waals surface area contributed by atoms with Crippen LogP contribution in [-0.2, 0) is 9.53 Å². The van der Waals surface area contributed by atoms with Gasteiger partial charge in [0.25, 0.3) is 0 Å². The van der Waals surface area contributed by atoms with Crippen LogP contribution in [0.2, 0.25) is 0 Å². The van der Waals surface area contributed by atoms with E-state index in [1.165, 1.54) is 0 Å². The number of carbonyl (C=O) groups is 1. The summed E-state index contributed by atoms with van der Waals surface area (Å²) in [5.41, 5.74) is 0.834. The van der Waals surface area contributed by atoms with Gasteiger partial charge >= 0.3 is 5.97 Å². The van der Waals surface area contributed by atoms with E-state index < -0.39 is 0 Å². The number of esters is 1. The van der Waals surface area contributed by atoms with Crippen LogP contribution in [0.15, 0.2) is 36.7 Å². The number of nitrogens with one attached hydrogen (secondary N) is 1. The Morgan fingerprint density at radius 2 is 2.17 bits per heavy atom. The molecule has 0 aliphatic heterocycles. The van der Waals surface area contributed by atoms with Gasteiger partial charge in [-0.2, -0.15) is 0 Å². The molecule has 3 nitrogen and oxygen atoms in total. The van der Waals surface area contributed by atoms with Gasteiger partial charge in [-0.05, 0) is 32.0 Å². The third-order valence-corrected chi connectivity index (χ3v) is 3.66. The molecule has 1 aliphatic carbocycles. The van der Waals surface area contributed by atoms with Crippen LogP contribution in [0.25, 0.3) is 0 Å². The zero-order valence-electron chi connectivity index (χ0n) is 11.5. The summed E-state index contributed by atoms with van der Waals surface area (Å²) in [5.74, 6) is -0.325. The average Bonchev–Trinajstić information content (AvgIpc) is 2.39. The fourth-order valence-corrected chi connectivity index (χ4v) is 2.49. The quantitative estimate of drug-likeness (QED) is 0.735. The predicted octanol–water partition coefficient (Wildman–Crippen LogP) is 3.16. The minimum Gasteiger partial charge on any atom is -0.466 e. The maximum Gasteiger partial charge on any atom is 0.313 e. The van der Waals surface area contributed by atoms with Crippen molar-refractivity contribution in [2.24, 2.45) is 11.3 Å². The summed E-state index contributed by atoms with van der Waals surface area (Å²) in [7, 11) is 0. The van der Waals surface area contributed by atoms with Gasteiger partial charge in [0.15, 0.2) is 0 Å². The van der Waals surface area contributed by atoms with Crippen molar-refractivity contribution in [2.45, 2.75) is 33.6 Å². The largest absolute Gasteiger partial charge is 0.466 e. The Bertz CT molecular complexity index is 365. The number of hydrogen-bond donors (Lipinski definition) is 1. The van der Waals surface area contributed by atoms with Gasteiger partial charge in [0, 0.05) is 11.1 Å². The van der Waals surface area contributed by atoms with Crippen molar-refractivity contribution in [3.63, 3.8) is 0 Å². The molecule has 0 saturated carbocycles. The number of carbonyl (C=O) groups excluding carboxylic acids is 1. The predicted molar refractivity (Wildman–Crippen MR) is 73.7 cm³/mol. The van der Waals surface area contributed by atoms with Crippen LogP contribution in [0.1, 0.15) is 33.6 Å². The first kappa shape index (κ1) is 14.6. The number of hydrogen-bond acceptors (Lipinski definition) is 3. The lowest BCUT2D eigenvalue weighted by molar-refractivity contribution is -0.149. The fourth-order valence-electron chi connectivity index (χ4n) is 2.49. The van der Waals surface area contributed by atoms with E-state index >= 15 is 0 Å². The normalized spacial score (nSPS) is 21.1. The topological polar surface area (TPSA) is 38.3 Å². The molecule has 0 fully saturated rings. The molecule has 0 aromatic heterocycles. The summed E-state index contributed by atoms with van der Waals surface area (Å²) < 4.78 is 5.18. The molecule has 18 heavy (non-hydrogen) atoms. The summed E-state index contributed by atoms with van der Waals surface area (Å²) >= 11 is 0. The van der Waals surface area contributed by atoms with Crippen molar-refractivity contribution >= 4 is 5.97 Å². The molecular weight excluding hydrogens is 226 g/mol. The highest BCUT2D eigenvalue weighted by molar-refractivity contribution is 5.76. The highest BCUT2D eigenvalue weighted by atomic mass is 16.5. The SMILES string of the molecule is C=CNC1=CC(CC)(CC)C(C(=O)OCC)C=C1. The van der Waals surface area contributed by atoms with Gasteiger partial charge in [-0.25, -0.2) is 0 Å². The number of rotatable bonds is 6. The molecule has 0 aromatic rings.